The van der Waals surface area contributed by atoms with Crippen molar-refractivity contribution in [1.82, 2.24) is 14.8 Å². The fraction of sp³-hybridized carbons (Fsp3) is 0.273. The van der Waals surface area contributed by atoms with Gasteiger partial charge in [-0.2, -0.15) is 0 Å². The normalized spacial score (nSPS) is 19.0. The highest BCUT2D eigenvalue weighted by molar-refractivity contribution is 5.96. The zero-order valence-corrected chi connectivity index (χ0v) is 15.6. The van der Waals surface area contributed by atoms with Crippen LogP contribution in [0.15, 0.2) is 48.5 Å². The zero-order chi connectivity index (χ0) is 19.3. The third kappa shape index (κ3) is 2.64. The smallest absolute Gasteiger partial charge is 0.246 e. The van der Waals surface area contributed by atoms with E-state index < -0.39 is 6.04 Å². The van der Waals surface area contributed by atoms with E-state index in [-0.39, 0.29) is 18.4 Å². The minimum Gasteiger partial charge on any atom is -0.497 e. The summed E-state index contributed by atoms with van der Waals surface area (Å²) in [5.41, 5.74) is 4.24. The molecule has 2 aliphatic rings. The largest absolute Gasteiger partial charge is 0.497 e. The van der Waals surface area contributed by atoms with Gasteiger partial charge in [-0.1, -0.05) is 30.3 Å². The van der Waals surface area contributed by atoms with Crippen molar-refractivity contribution in [3.8, 4) is 5.75 Å². The Morgan fingerprint density at radius 2 is 1.86 bits per heavy atom. The van der Waals surface area contributed by atoms with E-state index in [1.165, 1.54) is 0 Å². The van der Waals surface area contributed by atoms with Crippen LogP contribution in [0.4, 0.5) is 0 Å². The summed E-state index contributed by atoms with van der Waals surface area (Å²) in [5, 5.41) is 1.14. The maximum Gasteiger partial charge on any atom is 0.246 e. The van der Waals surface area contributed by atoms with Gasteiger partial charge in [-0.15, -0.1) is 0 Å². The highest BCUT2D eigenvalue weighted by Gasteiger charge is 2.42. The summed E-state index contributed by atoms with van der Waals surface area (Å²) in [5.74, 6) is 0.795. The molecule has 1 unspecified atom stereocenters. The predicted molar refractivity (Wildman–Crippen MR) is 105 cm³/mol. The number of para-hydroxylation sites is 1. The molecule has 0 radical (unpaired) electrons. The Kier molecular flexibility index (Phi) is 3.86. The first kappa shape index (κ1) is 16.9. The van der Waals surface area contributed by atoms with Gasteiger partial charge in [0, 0.05) is 29.6 Å². The van der Waals surface area contributed by atoms with Gasteiger partial charge in [0.1, 0.15) is 18.3 Å². The molecular formula is C22H21N3O3. The molecule has 0 bridgehead atoms. The number of nitrogens with one attached hydrogen (secondary N) is 1. The van der Waals surface area contributed by atoms with Crippen LogP contribution in [0.1, 0.15) is 16.8 Å². The van der Waals surface area contributed by atoms with E-state index in [1.807, 2.05) is 42.5 Å². The van der Waals surface area contributed by atoms with E-state index in [0.717, 1.165) is 33.5 Å². The number of H-pyrrole nitrogens is 1. The Morgan fingerprint density at radius 3 is 2.64 bits per heavy atom. The summed E-state index contributed by atoms with van der Waals surface area (Å²) < 4.78 is 5.18. The SMILES string of the molecule is COc1ccc(CN2CC(=O)N3Cc4[nH]c5ccccc5c4CC3C2=O)cc1. The van der Waals surface area contributed by atoms with Crippen LogP contribution in [0.2, 0.25) is 0 Å². The lowest BCUT2D eigenvalue weighted by Gasteiger charge is -2.42. The number of aromatic amines is 1. The molecule has 0 aliphatic carbocycles. The van der Waals surface area contributed by atoms with Gasteiger partial charge in [0.05, 0.1) is 13.7 Å². The second-order valence-corrected chi connectivity index (χ2v) is 7.41. The van der Waals surface area contributed by atoms with Gasteiger partial charge >= 0.3 is 0 Å². The highest BCUT2D eigenvalue weighted by atomic mass is 16.5. The Bertz CT molecular complexity index is 1070. The average molecular weight is 375 g/mol. The second-order valence-electron chi connectivity index (χ2n) is 7.41. The molecular weight excluding hydrogens is 354 g/mol. The molecule has 28 heavy (non-hydrogen) atoms. The topological polar surface area (TPSA) is 65.6 Å². The number of benzene rings is 2. The Hall–Kier alpha value is -3.28. The summed E-state index contributed by atoms with van der Waals surface area (Å²) in [7, 11) is 1.62. The molecule has 0 spiro atoms. The van der Waals surface area contributed by atoms with Crippen LogP contribution in [0.25, 0.3) is 10.9 Å². The molecule has 0 saturated carbocycles. The van der Waals surface area contributed by atoms with Crippen LogP contribution >= 0.6 is 0 Å². The third-order valence-electron chi connectivity index (χ3n) is 5.78. The van der Waals surface area contributed by atoms with Crippen LogP contribution < -0.4 is 4.74 Å². The van der Waals surface area contributed by atoms with E-state index in [0.29, 0.717) is 19.5 Å². The van der Waals surface area contributed by atoms with Gasteiger partial charge in [-0.3, -0.25) is 9.59 Å². The lowest BCUT2D eigenvalue weighted by molar-refractivity contribution is -0.157. The number of rotatable bonds is 3. The number of fused-ring (bicyclic) bond motifs is 4. The van der Waals surface area contributed by atoms with Gasteiger partial charge in [0.25, 0.3) is 0 Å². The summed E-state index contributed by atoms with van der Waals surface area (Å²) in [6.07, 6.45) is 0.559. The first-order valence-corrected chi connectivity index (χ1v) is 9.43. The van der Waals surface area contributed by atoms with E-state index in [2.05, 4.69) is 11.1 Å². The van der Waals surface area contributed by atoms with Crippen molar-refractivity contribution in [3.05, 3.63) is 65.4 Å². The van der Waals surface area contributed by atoms with Crippen molar-refractivity contribution in [2.24, 2.45) is 0 Å². The van der Waals surface area contributed by atoms with Gasteiger partial charge in [0.2, 0.25) is 11.8 Å². The Morgan fingerprint density at radius 1 is 1.07 bits per heavy atom. The number of piperazine rings is 1. The van der Waals surface area contributed by atoms with Crippen LogP contribution in [-0.2, 0) is 29.1 Å². The molecule has 142 valence electrons. The summed E-state index contributed by atoms with van der Waals surface area (Å²) in [6.45, 7) is 1.02. The monoisotopic (exact) mass is 375 g/mol. The van der Waals surface area contributed by atoms with Crippen molar-refractivity contribution in [2.45, 2.75) is 25.6 Å². The maximum absolute atomic E-state index is 13.2. The fourth-order valence-electron chi connectivity index (χ4n) is 4.32. The molecule has 3 heterocycles. The molecule has 5 rings (SSSR count). The Labute approximate surface area is 162 Å². The number of carbonyl (C=O) groups excluding carboxylic acids is 2. The average Bonchev–Trinajstić information content (AvgIpc) is 3.09. The maximum atomic E-state index is 13.2. The molecule has 2 aliphatic heterocycles. The molecule has 1 atom stereocenters. The van der Waals surface area contributed by atoms with Crippen molar-refractivity contribution < 1.29 is 14.3 Å². The minimum atomic E-state index is -0.425. The summed E-state index contributed by atoms with van der Waals surface area (Å²) in [4.78, 5) is 32.8. The van der Waals surface area contributed by atoms with Crippen LogP contribution in [-0.4, -0.2) is 46.3 Å². The standard InChI is InChI=1S/C22H21N3O3/c1-28-15-8-6-14(7-9-15)11-24-13-21(26)25-12-19-17(10-20(25)22(24)27)16-4-2-3-5-18(16)23-19/h2-9,20,23H,10-13H2,1H3. The van der Waals surface area contributed by atoms with Crippen LogP contribution in [0, 0.1) is 0 Å². The molecule has 3 aromatic rings. The third-order valence-corrected chi connectivity index (χ3v) is 5.78. The van der Waals surface area contributed by atoms with Gasteiger partial charge < -0.3 is 19.5 Å². The highest BCUT2D eigenvalue weighted by Crippen LogP contribution is 2.32. The van der Waals surface area contributed by atoms with E-state index in [1.54, 1.807) is 16.9 Å². The number of amides is 2. The molecule has 6 nitrogen and oxygen atoms in total. The lowest BCUT2D eigenvalue weighted by atomic mass is 9.93. The first-order chi connectivity index (χ1) is 13.6. The number of nitrogens with zero attached hydrogens (tertiary/aromatic N) is 2. The number of hydrogen-bond acceptors (Lipinski definition) is 3. The van der Waals surface area contributed by atoms with E-state index in [4.69, 9.17) is 4.74 Å². The van der Waals surface area contributed by atoms with Gasteiger partial charge in [-0.25, -0.2) is 0 Å². The van der Waals surface area contributed by atoms with Crippen molar-refractivity contribution in [1.29, 1.82) is 0 Å². The van der Waals surface area contributed by atoms with Gasteiger partial charge in [0.15, 0.2) is 0 Å². The molecule has 1 N–H and O–H groups in total. The molecule has 6 heteroatoms. The minimum absolute atomic E-state index is 0.00224. The van der Waals surface area contributed by atoms with Crippen molar-refractivity contribution in [2.75, 3.05) is 13.7 Å². The molecule has 1 fully saturated rings. The Balaban J connectivity index is 1.42. The molecule has 1 saturated heterocycles. The number of aromatic nitrogens is 1. The van der Waals surface area contributed by atoms with E-state index >= 15 is 0 Å². The van der Waals surface area contributed by atoms with Crippen LogP contribution in [0.3, 0.4) is 0 Å². The fourth-order valence-corrected chi connectivity index (χ4v) is 4.32. The quantitative estimate of drug-likeness (QED) is 0.765. The first-order valence-electron chi connectivity index (χ1n) is 9.43. The summed E-state index contributed by atoms with van der Waals surface area (Å²) >= 11 is 0. The molecule has 2 amide bonds. The van der Waals surface area contributed by atoms with Crippen molar-refractivity contribution in [3.63, 3.8) is 0 Å². The molecule has 2 aromatic carbocycles. The van der Waals surface area contributed by atoms with E-state index in [9.17, 15) is 9.59 Å². The van der Waals surface area contributed by atoms with Crippen LogP contribution in [0.5, 0.6) is 5.75 Å². The summed E-state index contributed by atoms with van der Waals surface area (Å²) in [6, 6.07) is 15.3. The second kappa shape index (κ2) is 6.41. The number of carbonyl (C=O) groups is 2. The molecule has 1 aromatic heterocycles. The number of methoxy groups -OCH3 is 1. The zero-order valence-electron chi connectivity index (χ0n) is 15.6. The predicted octanol–water partition coefficient (Wildman–Crippen LogP) is 2.47. The lowest BCUT2D eigenvalue weighted by Crippen LogP contribution is -2.61. The number of ether oxygens (including phenoxy) is 1. The number of hydrogen-bond donors (Lipinski definition) is 1. The van der Waals surface area contributed by atoms with Crippen molar-refractivity contribution >= 4 is 22.7 Å². The van der Waals surface area contributed by atoms with Gasteiger partial charge in [-0.05, 0) is 29.3 Å².